The van der Waals surface area contributed by atoms with E-state index in [1.54, 1.807) is 0 Å². The molecule has 0 aliphatic carbocycles. The van der Waals surface area contributed by atoms with Crippen molar-refractivity contribution in [3.63, 3.8) is 0 Å². The number of nitrogens with two attached hydrogens (primary N) is 2. The molecule has 4 N–H and O–H groups in total. The Morgan fingerprint density at radius 2 is 0.610 bits per heavy atom. The van der Waals surface area contributed by atoms with Crippen LogP contribution in [0.25, 0.3) is 90.9 Å². The molecule has 2 aliphatic rings. The minimum absolute atomic E-state index is 0. The van der Waals surface area contributed by atoms with E-state index in [0.717, 1.165) is 102 Å². The number of fused-ring (bicyclic) bond motifs is 8. The van der Waals surface area contributed by atoms with Gasteiger partial charge in [-0.2, -0.15) is 0 Å². The Bertz CT molecular complexity index is 2290. The molecular formula is C52H50FeN6. The second-order valence-electron chi connectivity index (χ2n) is 14.1. The molecule has 0 saturated heterocycles. The maximum atomic E-state index is 5.31. The van der Waals surface area contributed by atoms with Crippen LogP contribution in [0.1, 0.15) is 62.3 Å². The number of unbranched alkanes of at least 4 members (excludes halogenated alkanes) is 2. The Morgan fingerprint density at radius 1 is 0.373 bits per heavy atom. The van der Waals surface area contributed by atoms with E-state index >= 15 is 0 Å². The molecule has 7 heteroatoms. The summed E-state index contributed by atoms with van der Waals surface area (Å²) in [6.07, 6.45) is 13.2. The van der Waals surface area contributed by atoms with Crippen LogP contribution in [0.15, 0.2) is 146 Å². The van der Waals surface area contributed by atoms with Crippen molar-refractivity contribution in [1.82, 2.24) is 19.9 Å². The average molecular weight is 815 g/mol. The van der Waals surface area contributed by atoms with Gasteiger partial charge in [0.1, 0.15) is 0 Å². The molecule has 0 radical (unpaired) electrons. The summed E-state index contributed by atoms with van der Waals surface area (Å²) in [6, 6.07) is 50.0. The van der Waals surface area contributed by atoms with E-state index in [0.29, 0.717) is 0 Å². The number of aromatic nitrogens is 4. The molecule has 3 aromatic heterocycles. The van der Waals surface area contributed by atoms with Crippen molar-refractivity contribution in [3.8, 4) is 44.5 Å². The standard InChI is InChI=1S/C44H28N4.2C4H11N.Fe/c1-5-13-29(14-6-1)41-33-21-23-35(45-33)42(30-15-7-2-8-16-30)37-25-27-39(47-37)44(32-19-11-4-12-20-32)40-28-26-38(48-40)43(31-17-9-3-10-18-31)36-24-22-34(41)46-36;2*1-2-3-4-5;/h1-28H;2*2-5H2,1H3;/q-2;;;+2. The maximum Gasteiger partial charge on any atom is 2.00 e. The van der Waals surface area contributed by atoms with E-state index in [-0.39, 0.29) is 17.1 Å². The van der Waals surface area contributed by atoms with Crippen LogP contribution >= 0.6 is 0 Å². The molecule has 296 valence electrons. The predicted octanol–water partition coefficient (Wildman–Crippen LogP) is 12.1. The Morgan fingerprint density at radius 3 is 0.797 bits per heavy atom. The molecule has 0 amide bonds. The minimum atomic E-state index is 0. The van der Waals surface area contributed by atoms with Crippen LogP contribution in [0.5, 0.6) is 0 Å². The third kappa shape index (κ3) is 9.97. The van der Waals surface area contributed by atoms with Crippen molar-refractivity contribution in [3.05, 3.63) is 168 Å². The van der Waals surface area contributed by atoms with Gasteiger partial charge in [-0.25, -0.2) is 9.97 Å². The first kappa shape index (κ1) is 42.5. The van der Waals surface area contributed by atoms with Gasteiger partial charge < -0.3 is 21.4 Å². The van der Waals surface area contributed by atoms with E-state index in [9.17, 15) is 0 Å². The molecular weight excluding hydrogens is 764 g/mol. The van der Waals surface area contributed by atoms with Crippen molar-refractivity contribution in [2.45, 2.75) is 39.5 Å². The topological polar surface area (TPSA) is 106 Å². The molecule has 0 fully saturated rings. The quantitative estimate of drug-likeness (QED) is 0.148. The van der Waals surface area contributed by atoms with E-state index in [4.69, 9.17) is 31.4 Å². The number of rotatable bonds is 8. The van der Waals surface area contributed by atoms with Crippen LogP contribution in [0, 0.1) is 0 Å². The van der Waals surface area contributed by atoms with Crippen LogP contribution in [-0.4, -0.2) is 23.1 Å². The number of hydrogen-bond acceptors (Lipinski definition) is 4. The van der Waals surface area contributed by atoms with Gasteiger partial charge in [0, 0.05) is 0 Å². The fraction of sp³-hybridized carbons (Fsp3) is 0.154. The van der Waals surface area contributed by atoms with Gasteiger partial charge in [-0.3, -0.25) is 0 Å². The Kier molecular flexibility index (Phi) is 15.2. The molecule has 0 unspecified atom stereocenters. The van der Waals surface area contributed by atoms with Crippen molar-refractivity contribution < 1.29 is 17.1 Å². The van der Waals surface area contributed by atoms with Crippen molar-refractivity contribution in [2.75, 3.05) is 13.1 Å². The van der Waals surface area contributed by atoms with Crippen LogP contribution in [0.2, 0.25) is 0 Å². The van der Waals surface area contributed by atoms with E-state index in [2.05, 4.69) is 159 Å². The largest absolute Gasteiger partial charge is 2.00 e. The Labute approximate surface area is 358 Å². The first-order chi connectivity index (χ1) is 28.6. The van der Waals surface area contributed by atoms with Crippen molar-refractivity contribution in [1.29, 1.82) is 0 Å². The zero-order valence-corrected chi connectivity index (χ0v) is 34.8. The third-order valence-electron chi connectivity index (χ3n) is 9.97. The first-order valence-electron chi connectivity index (χ1n) is 20.3. The van der Waals surface area contributed by atoms with Gasteiger partial charge >= 0.3 is 17.1 Å². The van der Waals surface area contributed by atoms with E-state index in [1.807, 2.05) is 24.3 Å². The van der Waals surface area contributed by atoms with Gasteiger partial charge in [-0.05, 0) is 94.7 Å². The second-order valence-corrected chi connectivity index (χ2v) is 14.1. The summed E-state index contributed by atoms with van der Waals surface area (Å²) in [5.74, 6) is 0. The number of nitrogens with zero attached hydrogens (tertiary/aromatic N) is 4. The molecule has 7 aromatic rings. The summed E-state index contributed by atoms with van der Waals surface area (Å²) in [4.78, 5) is 21.2. The normalized spacial score (nSPS) is 11.2. The second kappa shape index (κ2) is 21.1. The summed E-state index contributed by atoms with van der Waals surface area (Å²) in [5.41, 5.74) is 25.3. The zero-order chi connectivity index (χ0) is 40.1. The molecule has 0 atom stereocenters. The van der Waals surface area contributed by atoms with Crippen LogP contribution in [-0.2, 0) is 17.1 Å². The van der Waals surface area contributed by atoms with Gasteiger partial charge in [0.2, 0.25) is 0 Å². The molecule has 2 aliphatic heterocycles. The minimum Gasteiger partial charge on any atom is -0.657 e. The molecule has 59 heavy (non-hydrogen) atoms. The summed E-state index contributed by atoms with van der Waals surface area (Å²) in [7, 11) is 0. The maximum absolute atomic E-state index is 5.31. The first-order valence-corrected chi connectivity index (χ1v) is 20.3. The smallest absolute Gasteiger partial charge is 0.657 e. The Hall–Kier alpha value is -6.08. The zero-order valence-electron chi connectivity index (χ0n) is 33.7. The van der Waals surface area contributed by atoms with Crippen molar-refractivity contribution >= 4 is 46.4 Å². The van der Waals surface area contributed by atoms with E-state index < -0.39 is 0 Å². The number of benzene rings is 4. The Balaban J connectivity index is 0.000000479. The SMILES string of the molecule is C1=Cc2nc1c(-c1ccccc1)c1ccc([n-]1)c(-c1ccccc1)c1nc(c(-c3ccccc3)c3ccc([n-]3)c2-c2ccccc2)C=C1.CCCCN.CCCCN.[Fe+2]. The monoisotopic (exact) mass is 814 g/mol. The third-order valence-corrected chi connectivity index (χ3v) is 9.97. The molecule has 8 bridgehead atoms. The molecule has 6 nitrogen and oxygen atoms in total. The van der Waals surface area contributed by atoms with Crippen LogP contribution < -0.4 is 21.4 Å². The predicted molar refractivity (Wildman–Crippen MR) is 246 cm³/mol. The summed E-state index contributed by atoms with van der Waals surface area (Å²) < 4.78 is 0. The van der Waals surface area contributed by atoms with Gasteiger partial charge in [0.25, 0.3) is 0 Å². The van der Waals surface area contributed by atoms with Crippen LogP contribution in [0.4, 0.5) is 0 Å². The van der Waals surface area contributed by atoms with Crippen molar-refractivity contribution in [2.24, 2.45) is 11.5 Å². The van der Waals surface area contributed by atoms with Crippen LogP contribution in [0.3, 0.4) is 0 Å². The fourth-order valence-corrected chi connectivity index (χ4v) is 7.10. The van der Waals surface area contributed by atoms with Gasteiger partial charge in [-0.1, -0.05) is 172 Å². The summed E-state index contributed by atoms with van der Waals surface area (Å²) in [5, 5.41) is 0. The van der Waals surface area contributed by atoms with E-state index in [1.165, 1.54) is 25.7 Å². The summed E-state index contributed by atoms with van der Waals surface area (Å²) >= 11 is 0. The molecule has 4 aromatic carbocycles. The summed E-state index contributed by atoms with van der Waals surface area (Å²) in [6.45, 7) is 5.95. The van der Waals surface area contributed by atoms with Gasteiger partial charge in [0.15, 0.2) is 0 Å². The molecule has 9 rings (SSSR count). The molecule has 5 heterocycles. The number of hydrogen-bond donors (Lipinski definition) is 2. The molecule has 0 spiro atoms. The average Bonchev–Trinajstić information content (AvgIpc) is 4.12. The van der Waals surface area contributed by atoms with Gasteiger partial charge in [0.05, 0.1) is 22.8 Å². The molecule has 0 saturated carbocycles. The van der Waals surface area contributed by atoms with Gasteiger partial charge in [-0.15, -0.1) is 22.1 Å². The fourth-order valence-electron chi connectivity index (χ4n) is 7.10.